The normalized spacial score (nSPS) is 19.4. The molecule has 3 nitrogen and oxygen atoms in total. The van der Waals surface area contributed by atoms with Crippen molar-refractivity contribution in [3.63, 3.8) is 0 Å². The zero-order valence-corrected chi connectivity index (χ0v) is 11.8. The average Bonchev–Trinajstić information content (AvgIpc) is 2.87. The summed E-state index contributed by atoms with van der Waals surface area (Å²) >= 11 is 0. The lowest BCUT2D eigenvalue weighted by atomic mass is 10.1. The molecule has 0 amide bonds. The molecule has 1 aliphatic heterocycles. The summed E-state index contributed by atoms with van der Waals surface area (Å²) in [6.07, 6.45) is 2.31. The van der Waals surface area contributed by atoms with E-state index in [9.17, 15) is 4.79 Å². The van der Waals surface area contributed by atoms with Gasteiger partial charge < -0.3 is 4.98 Å². The van der Waals surface area contributed by atoms with Gasteiger partial charge in [0.2, 0.25) is 0 Å². The van der Waals surface area contributed by atoms with Crippen molar-refractivity contribution in [1.29, 1.82) is 0 Å². The summed E-state index contributed by atoms with van der Waals surface area (Å²) in [7, 11) is 0. The van der Waals surface area contributed by atoms with Gasteiger partial charge in [0.1, 0.15) is 0 Å². The smallest absolute Gasteiger partial charge is 0.182 e. The number of aromatic amines is 1. The van der Waals surface area contributed by atoms with Crippen LogP contribution in [0.2, 0.25) is 0 Å². The molecule has 3 rings (SSSR count). The van der Waals surface area contributed by atoms with Crippen molar-refractivity contribution >= 4 is 0 Å². The monoisotopic (exact) mass is 268 g/mol. The van der Waals surface area contributed by atoms with Gasteiger partial charge in [-0.05, 0) is 31.9 Å². The van der Waals surface area contributed by atoms with E-state index in [-0.39, 0.29) is 5.43 Å². The van der Waals surface area contributed by atoms with Crippen LogP contribution >= 0.6 is 0 Å². The standard InChI is InChI=1S/C17H20N2O/c1-13-10-15(20)11-16(18-13)17-8-5-9-19(17)12-14-6-3-2-4-7-14/h2-4,6-7,10-11,17H,5,8-9,12H2,1H3,(H,18,20)/t17-/m0/s1. The Balaban J connectivity index is 1.83. The van der Waals surface area contributed by atoms with Crippen molar-refractivity contribution < 1.29 is 0 Å². The van der Waals surface area contributed by atoms with E-state index in [1.807, 2.05) is 13.0 Å². The van der Waals surface area contributed by atoms with Crippen LogP contribution in [0.4, 0.5) is 0 Å². The first-order chi connectivity index (χ1) is 9.72. The molecule has 104 valence electrons. The molecular weight excluding hydrogens is 248 g/mol. The van der Waals surface area contributed by atoms with Crippen molar-refractivity contribution in [2.45, 2.75) is 32.4 Å². The quantitative estimate of drug-likeness (QED) is 0.929. The van der Waals surface area contributed by atoms with Crippen LogP contribution in [0, 0.1) is 6.92 Å². The van der Waals surface area contributed by atoms with Gasteiger partial charge in [-0.3, -0.25) is 9.69 Å². The average molecular weight is 268 g/mol. The number of nitrogens with one attached hydrogen (secondary N) is 1. The second kappa shape index (κ2) is 5.63. The first-order valence-electron chi connectivity index (χ1n) is 7.21. The molecule has 1 saturated heterocycles. The fourth-order valence-corrected chi connectivity index (χ4v) is 3.07. The second-order valence-corrected chi connectivity index (χ2v) is 5.57. The van der Waals surface area contributed by atoms with Crippen LogP contribution in [0.5, 0.6) is 0 Å². The second-order valence-electron chi connectivity index (χ2n) is 5.57. The van der Waals surface area contributed by atoms with Crippen LogP contribution in [0.3, 0.4) is 0 Å². The van der Waals surface area contributed by atoms with E-state index in [1.165, 1.54) is 12.0 Å². The summed E-state index contributed by atoms with van der Waals surface area (Å²) in [5.74, 6) is 0. The summed E-state index contributed by atoms with van der Waals surface area (Å²) in [6.45, 7) is 3.98. The van der Waals surface area contributed by atoms with E-state index in [0.717, 1.165) is 30.9 Å². The van der Waals surface area contributed by atoms with Gasteiger partial charge in [0, 0.05) is 30.1 Å². The zero-order chi connectivity index (χ0) is 13.9. The van der Waals surface area contributed by atoms with Crippen molar-refractivity contribution in [2.75, 3.05) is 6.54 Å². The molecule has 20 heavy (non-hydrogen) atoms. The summed E-state index contributed by atoms with van der Waals surface area (Å²) in [4.78, 5) is 17.5. The van der Waals surface area contributed by atoms with Crippen LogP contribution in [0.1, 0.15) is 35.8 Å². The minimum atomic E-state index is 0.0998. The molecule has 0 spiro atoms. The molecule has 0 radical (unpaired) electrons. The molecule has 0 saturated carbocycles. The van der Waals surface area contributed by atoms with Gasteiger partial charge in [-0.1, -0.05) is 30.3 Å². The van der Waals surface area contributed by atoms with Gasteiger partial charge in [0.15, 0.2) is 5.43 Å². The van der Waals surface area contributed by atoms with Gasteiger partial charge in [0.05, 0.1) is 6.04 Å². The molecule has 0 unspecified atom stereocenters. The van der Waals surface area contributed by atoms with Crippen molar-refractivity contribution in [3.8, 4) is 0 Å². The number of nitrogens with zero attached hydrogens (tertiary/aromatic N) is 1. The number of benzene rings is 1. The number of pyridine rings is 1. The first-order valence-corrected chi connectivity index (χ1v) is 7.21. The van der Waals surface area contributed by atoms with E-state index in [2.05, 4.69) is 34.1 Å². The maximum atomic E-state index is 11.7. The number of H-pyrrole nitrogens is 1. The molecule has 1 aliphatic rings. The molecule has 1 aromatic carbocycles. The van der Waals surface area contributed by atoms with Crippen LogP contribution < -0.4 is 5.43 Å². The Bertz CT molecular complexity index is 633. The Morgan fingerprint density at radius 2 is 2.05 bits per heavy atom. The van der Waals surface area contributed by atoms with E-state index >= 15 is 0 Å². The lowest BCUT2D eigenvalue weighted by molar-refractivity contribution is 0.244. The van der Waals surface area contributed by atoms with Gasteiger partial charge in [-0.15, -0.1) is 0 Å². The molecule has 0 bridgehead atoms. The number of likely N-dealkylation sites (tertiary alicyclic amines) is 1. The van der Waals surface area contributed by atoms with Crippen LogP contribution in [0.25, 0.3) is 0 Å². The molecule has 1 atom stereocenters. The Labute approximate surface area is 119 Å². The minimum absolute atomic E-state index is 0.0998. The largest absolute Gasteiger partial charge is 0.361 e. The maximum absolute atomic E-state index is 11.7. The molecule has 1 fully saturated rings. The molecule has 1 N–H and O–H groups in total. The van der Waals surface area contributed by atoms with E-state index in [0.29, 0.717) is 6.04 Å². The van der Waals surface area contributed by atoms with Gasteiger partial charge in [0.25, 0.3) is 0 Å². The summed E-state index contributed by atoms with van der Waals surface area (Å²) in [5, 5.41) is 0. The van der Waals surface area contributed by atoms with Gasteiger partial charge in [-0.25, -0.2) is 0 Å². The molecular formula is C17H20N2O. The predicted molar refractivity (Wildman–Crippen MR) is 80.6 cm³/mol. The van der Waals surface area contributed by atoms with Gasteiger partial charge >= 0.3 is 0 Å². The summed E-state index contributed by atoms with van der Waals surface area (Å²) < 4.78 is 0. The zero-order valence-electron chi connectivity index (χ0n) is 11.8. The first kappa shape index (κ1) is 13.1. The number of aryl methyl sites for hydroxylation is 1. The Kier molecular flexibility index (Phi) is 3.70. The highest BCUT2D eigenvalue weighted by molar-refractivity contribution is 5.18. The molecule has 2 heterocycles. The number of rotatable bonds is 3. The van der Waals surface area contributed by atoms with Crippen molar-refractivity contribution in [1.82, 2.24) is 9.88 Å². The summed E-state index contributed by atoms with van der Waals surface area (Å²) in [5.41, 5.74) is 3.43. The Hall–Kier alpha value is -1.87. The fraction of sp³-hybridized carbons (Fsp3) is 0.353. The third kappa shape index (κ3) is 2.83. The van der Waals surface area contributed by atoms with Crippen LogP contribution in [-0.2, 0) is 6.54 Å². The number of aromatic nitrogens is 1. The minimum Gasteiger partial charge on any atom is -0.361 e. The highest BCUT2D eigenvalue weighted by Gasteiger charge is 2.26. The SMILES string of the molecule is Cc1cc(=O)cc([C@@H]2CCCN2Cc2ccccc2)[nH]1. The lowest BCUT2D eigenvalue weighted by Crippen LogP contribution is -2.24. The molecule has 1 aromatic heterocycles. The summed E-state index contributed by atoms with van der Waals surface area (Å²) in [6, 6.07) is 14.3. The predicted octanol–water partition coefficient (Wildman–Crippen LogP) is 3.02. The lowest BCUT2D eigenvalue weighted by Gasteiger charge is -2.24. The van der Waals surface area contributed by atoms with Crippen molar-refractivity contribution in [2.24, 2.45) is 0 Å². The molecule has 3 heteroatoms. The Morgan fingerprint density at radius 1 is 1.25 bits per heavy atom. The van der Waals surface area contributed by atoms with Crippen LogP contribution in [0.15, 0.2) is 47.3 Å². The fourth-order valence-electron chi connectivity index (χ4n) is 3.07. The number of hydrogen-bond acceptors (Lipinski definition) is 2. The highest BCUT2D eigenvalue weighted by Crippen LogP contribution is 2.31. The van der Waals surface area contributed by atoms with E-state index in [1.54, 1.807) is 12.1 Å². The van der Waals surface area contributed by atoms with Crippen LogP contribution in [-0.4, -0.2) is 16.4 Å². The topological polar surface area (TPSA) is 36.1 Å². The van der Waals surface area contributed by atoms with Gasteiger partial charge in [-0.2, -0.15) is 0 Å². The number of hydrogen-bond donors (Lipinski definition) is 1. The third-order valence-electron chi connectivity index (χ3n) is 3.95. The third-order valence-corrected chi connectivity index (χ3v) is 3.95. The maximum Gasteiger partial charge on any atom is 0.182 e. The molecule has 2 aromatic rings. The molecule has 0 aliphatic carbocycles. The van der Waals surface area contributed by atoms with E-state index < -0.39 is 0 Å². The van der Waals surface area contributed by atoms with E-state index in [4.69, 9.17) is 0 Å². The highest BCUT2D eigenvalue weighted by atomic mass is 16.1. The Morgan fingerprint density at radius 3 is 2.80 bits per heavy atom. The van der Waals surface area contributed by atoms with Crippen molar-refractivity contribution in [3.05, 3.63) is 69.6 Å².